The van der Waals surface area contributed by atoms with Crippen LogP contribution in [0.25, 0.3) is 0 Å². The van der Waals surface area contributed by atoms with E-state index in [2.05, 4.69) is 41.2 Å². The molecule has 0 radical (unpaired) electrons. The predicted octanol–water partition coefficient (Wildman–Crippen LogP) is -0.402. The molecule has 0 amide bonds. The van der Waals surface area contributed by atoms with Crippen LogP contribution in [0.1, 0.15) is 11.6 Å². The Hall–Kier alpha value is -2.00. The van der Waals surface area contributed by atoms with Gasteiger partial charge in [0, 0.05) is 24.7 Å². The first kappa shape index (κ1) is 19.3. The van der Waals surface area contributed by atoms with Crippen molar-refractivity contribution in [2.45, 2.75) is 10.9 Å². The largest absolute Gasteiger partial charge is 0.379 e. The number of aromatic amines is 1. The summed E-state index contributed by atoms with van der Waals surface area (Å²) in [6.07, 6.45) is 1.62. The molecule has 2 aromatic rings. The molecular formula is C20H28N4O3S+2. The van der Waals surface area contributed by atoms with E-state index < -0.39 is 10.0 Å². The minimum atomic E-state index is -3.48. The van der Waals surface area contributed by atoms with Crippen LogP contribution in [-0.4, -0.2) is 65.7 Å². The van der Waals surface area contributed by atoms with Crippen LogP contribution in [0.5, 0.6) is 0 Å². The van der Waals surface area contributed by atoms with E-state index in [9.17, 15) is 8.42 Å². The van der Waals surface area contributed by atoms with Crippen LogP contribution >= 0.6 is 0 Å². The highest BCUT2D eigenvalue weighted by Gasteiger charge is 2.36. The number of nitrogens with zero attached hydrogens (tertiary/aromatic N) is 2. The summed E-state index contributed by atoms with van der Waals surface area (Å²) in [5, 5.41) is 0. The predicted molar refractivity (Wildman–Crippen MR) is 106 cm³/mol. The maximum atomic E-state index is 12.8. The fourth-order valence-electron chi connectivity index (χ4n) is 3.95. The van der Waals surface area contributed by atoms with Crippen LogP contribution < -0.4 is 14.8 Å². The number of aromatic nitrogens is 1. The van der Waals surface area contributed by atoms with E-state index in [1.54, 1.807) is 12.3 Å². The highest BCUT2D eigenvalue weighted by molar-refractivity contribution is 7.89. The molecular weight excluding hydrogens is 376 g/mol. The number of benzene rings is 1. The molecule has 1 aromatic heterocycles. The summed E-state index contributed by atoms with van der Waals surface area (Å²) in [5.74, 6) is 0.947. The van der Waals surface area contributed by atoms with Crippen molar-refractivity contribution < 1.29 is 23.0 Å². The van der Waals surface area contributed by atoms with Gasteiger partial charge in [0.2, 0.25) is 10.0 Å². The van der Waals surface area contributed by atoms with Crippen LogP contribution in [0.15, 0.2) is 53.6 Å². The molecule has 1 unspecified atom stereocenters. The third kappa shape index (κ3) is 3.91. The molecule has 2 aliphatic rings. The molecule has 2 saturated heterocycles. The molecule has 4 rings (SSSR count). The van der Waals surface area contributed by atoms with E-state index in [1.165, 1.54) is 14.8 Å². The summed E-state index contributed by atoms with van der Waals surface area (Å²) in [6, 6.07) is 14.4. The summed E-state index contributed by atoms with van der Waals surface area (Å²) in [6.45, 7) is 4.67. The lowest BCUT2D eigenvalue weighted by Crippen LogP contribution is -3.12. The van der Waals surface area contributed by atoms with Gasteiger partial charge in [-0.2, -0.15) is 4.31 Å². The molecule has 2 fully saturated rings. The number of hydrogen-bond donors (Lipinski definition) is 1. The Morgan fingerprint density at radius 3 is 2.50 bits per heavy atom. The molecule has 3 heterocycles. The van der Waals surface area contributed by atoms with Crippen LogP contribution in [-0.2, 0) is 14.8 Å². The Balaban J connectivity index is 1.58. The first-order valence-electron chi connectivity index (χ1n) is 9.78. The minimum absolute atomic E-state index is 0.257. The summed E-state index contributed by atoms with van der Waals surface area (Å²) >= 11 is 0. The quantitative estimate of drug-likeness (QED) is 0.753. The number of morpholine rings is 1. The maximum absolute atomic E-state index is 12.8. The molecule has 0 aliphatic carbocycles. The van der Waals surface area contributed by atoms with E-state index >= 15 is 0 Å². The average Bonchev–Trinajstić information content (AvgIpc) is 2.75. The van der Waals surface area contributed by atoms with Gasteiger partial charge >= 0.3 is 0 Å². The van der Waals surface area contributed by atoms with Crippen LogP contribution in [0.4, 0.5) is 5.82 Å². The summed E-state index contributed by atoms with van der Waals surface area (Å²) < 4.78 is 32.4. The number of H-pyrrole nitrogens is 1. The first-order chi connectivity index (χ1) is 13.6. The molecule has 0 bridgehead atoms. The average molecular weight is 405 g/mol. The van der Waals surface area contributed by atoms with E-state index in [-0.39, 0.29) is 6.04 Å². The van der Waals surface area contributed by atoms with Crippen LogP contribution in [0, 0.1) is 0 Å². The molecule has 2 N–H and O–H groups in total. The number of anilines is 1. The molecule has 2 aliphatic heterocycles. The number of ether oxygens (including phenoxy) is 1. The highest BCUT2D eigenvalue weighted by atomic mass is 32.2. The summed E-state index contributed by atoms with van der Waals surface area (Å²) in [7, 11) is -1.27. The number of nitrogens with one attached hydrogen (secondary N) is 2. The van der Waals surface area contributed by atoms with Crippen molar-refractivity contribution in [2.75, 3.05) is 57.9 Å². The Labute approximate surface area is 166 Å². The summed E-state index contributed by atoms with van der Waals surface area (Å²) in [4.78, 5) is 7.38. The highest BCUT2D eigenvalue weighted by Crippen LogP contribution is 2.25. The van der Waals surface area contributed by atoms with Gasteiger partial charge in [-0.1, -0.05) is 30.3 Å². The van der Waals surface area contributed by atoms with Crippen molar-refractivity contribution in [1.29, 1.82) is 0 Å². The second kappa shape index (κ2) is 8.16. The van der Waals surface area contributed by atoms with E-state index in [0.717, 1.165) is 25.5 Å². The molecule has 8 heteroatoms. The number of quaternary nitrogens is 1. The number of pyridine rings is 1. The lowest BCUT2D eigenvalue weighted by Gasteiger charge is -2.33. The third-order valence-corrected chi connectivity index (χ3v) is 7.46. The monoisotopic (exact) mass is 404 g/mol. The van der Waals surface area contributed by atoms with Crippen molar-refractivity contribution >= 4 is 15.8 Å². The molecule has 2 atom stereocenters. The third-order valence-electron chi connectivity index (χ3n) is 5.57. The number of likely N-dealkylation sites (N-methyl/N-ethyl adjacent to an activating group) is 1. The van der Waals surface area contributed by atoms with Crippen molar-refractivity contribution in [3.8, 4) is 0 Å². The fraction of sp³-hybridized carbons (Fsp3) is 0.450. The Morgan fingerprint density at radius 2 is 1.82 bits per heavy atom. The Bertz CT molecular complexity index is 883. The van der Waals surface area contributed by atoms with Crippen molar-refractivity contribution in [2.24, 2.45) is 0 Å². The van der Waals surface area contributed by atoms with Gasteiger partial charge in [-0.05, 0) is 6.07 Å². The topological polar surface area (TPSA) is 68.4 Å². The van der Waals surface area contributed by atoms with Gasteiger partial charge in [-0.25, -0.2) is 18.3 Å². The molecule has 0 saturated carbocycles. The number of sulfonamides is 1. The van der Waals surface area contributed by atoms with E-state index in [4.69, 9.17) is 4.74 Å². The van der Waals surface area contributed by atoms with Gasteiger partial charge in [-0.15, -0.1) is 0 Å². The van der Waals surface area contributed by atoms with Crippen molar-refractivity contribution in [3.63, 3.8) is 0 Å². The Kier molecular flexibility index (Phi) is 5.63. The molecule has 150 valence electrons. The smallest absolute Gasteiger partial charge is 0.275 e. The van der Waals surface area contributed by atoms with Gasteiger partial charge in [0.05, 0.1) is 20.3 Å². The Morgan fingerprint density at radius 1 is 1.07 bits per heavy atom. The SMILES string of the molecule is C[NH+]1CCN(c2ccc(S(=O)(=O)N3CCOCC3)c[nH+]2)[C@H](c2ccccc2)C1. The number of hydrogen-bond acceptors (Lipinski definition) is 4. The molecule has 28 heavy (non-hydrogen) atoms. The van der Waals surface area contributed by atoms with E-state index in [0.29, 0.717) is 31.2 Å². The zero-order chi connectivity index (χ0) is 19.6. The second-order valence-corrected chi connectivity index (χ2v) is 9.40. The molecule has 0 spiro atoms. The lowest BCUT2D eigenvalue weighted by atomic mass is 10.0. The van der Waals surface area contributed by atoms with Crippen molar-refractivity contribution in [3.05, 3.63) is 54.2 Å². The van der Waals surface area contributed by atoms with Crippen LogP contribution in [0.3, 0.4) is 0 Å². The molecule has 7 nitrogen and oxygen atoms in total. The van der Waals surface area contributed by atoms with E-state index in [1.807, 2.05) is 12.1 Å². The maximum Gasteiger partial charge on any atom is 0.275 e. The van der Waals surface area contributed by atoms with Crippen LogP contribution in [0.2, 0.25) is 0 Å². The standard InChI is InChI=1S/C20H26N4O3S/c1-22-9-10-24(19(16-22)17-5-3-2-4-6-17)20-8-7-18(15-21-20)28(25,26)23-11-13-27-14-12-23/h2-8,15,19H,9-14,16H2,1H3/p+2/t19-/m0/s1. The molecule has 1 aromatic carbocycles. The number of rotatable bonds is 4. The second-order valence-electron chi connectivity index (χ2n) is 7.46. The van der Waals surface area contributed by atoms with Gasteiger partial charge in [0.1, 0.15) is 30.7 Å². The normalized spacial score (nSPS) is 24.2. The fourth-order valence-corrected chi connectivity index (χ4v) is 5.32. The van der Waals surface area contributed by atoms with Gasteiger partial charge in [0.25, 0.3) is 5.82 Å². The van der Waals surface area contributed by atoms with Gasteiger partial charge in [-0.3, -0.25) is 0 Å². The van der Waals surface area contributed by atoms with Gasteiger partial charge in [0.15, 0.2) is 6.04 Å². The zero-order valence-corrected chi connectivity index (χ0v) is 17.0. The van der Waals surface area contributed by atoms with Gasteiger partial charge < -0.3 is 9.64 Å². The summed E-state index contributed by atoms with van der Waals surface area (Å²) in [5.41, 5.74) is 1.28. The minimum Gasteiger partial charge on any atom is -0.379 e. The number of piperazine rings is 1. The first-order valence-corrected chi connectivity index (χ1v) is 11.2. The lowest BCUT2D eigenvalue weighted by molar-refractivity contribution is -0.883. The zero-order valence-electron chi connectivity index (χ0n) is 16.2. The van der Waals surface area contributed by atoms with Crippen molar-refractivity contribution in [1.82, 2.24) is 4.31 Å².